The molecule has 0 saturated heterocycles. The molecule has 0 bridgehead atoms. The van der Waals surface area contributed by atoms with E-state index in [4.69, 9.17) is 12.2 Å². The fourth-order valence-electron chi connectivity index (χ4n) is 2.25. The SMILES string of the molecule is CC(=O)C1=C(C)N(C)C(=S)NC1c1cccc(O)c1. The van der Waals surface area contributed by atoms with Gasteiger partial charge >= 0.3 is 0 Å². The van der Waals surface area contributed by atoms with E-state index in [1.165, 1.54) is 0 Å². The molecule has 19 heavy (non-hydrogen) atoms. The first-order valence-electron chi connectivity index (χ1n) is 5.96. The lowest BCUT2D eigenvalue weighted by Crippen LogP contribution is -2.45. The van der Waals surface area contributed by atoms with E-state index in [9.17, 15) is 9.90 Å². The molecular formula is C14H16N2O2S. The summed E-state index contributed by atoms with van der Waals surface area (Å²) in [4.78, 5) is 13.7. The molecule has 0 fully saturated rings. The molecule has 1 aliphatic heterocycles. The molecule has 100 valence electrons. The zero-order chi connectivity index (χ0) is 14.2. The molecule has 0 amide bonds. The van der Waals surface area contributed by atoms with E-state index in [0.717, 1.165) is 11.3 Å². The van der Waals surface area contributed by atoms with Gasteiger partial charge in [-0.3, -0.25) is 4.79 Å². The van der Waals surface area contributed by atoms with Crippen molar-refractivity contribution in [3.05, 3.63) is 41.1 Å². The highest BCUT2D eigenvalue weighted by molar-refractivity contribution is 7.80. The Bertz CT molecular complexity index is 581. The van der Waals surface area contributed by atoms with Crippen molar-refractivity contribution in [1.82, 2.24) is 10.2 Å². The van der Waals surface area contributed by atoms with Gasteiger partial charge in [0.25, 0.3) is 0 Å². The van der Waals surface area contributed by atoms with Crippen molar-refractivity contribution in [3.63, 3.8) is 0 Å². The standard InChI is InChI=1S/C14H16N2O2S/c1-8-12(9(2)17)13(15-14(19)16(8)3)10-5-4-6-11(18)7-10/h4-7,13,18H,1-3H3,(H,15,19). The van der Waals surface area contributed by atoms with Gasteiger partial charge < -0.3 is 15.3 Å². The number of allylic oxidation sites excluding steroid dienone is 1. The van der Waals surface area contributed by atoms with Gasteiger partial charge in [0, 0.05) is 18.3 Å². The van der Waals surface area contributed by atoms with Crippen LogP contribution in [0.5, 0.6) is 5.75 Å². The van der Waals surface area contributed by atoms with Gasteiger partial charge in [-0.2, -0.15) is 0 Å². The van der Waals surface area contributed by atoms with Gasteiger partial charge in [-0.25, -0.2) is 0 Å². The van der Waals surface area contributed by atoms with Crippen molar-refractivity contribution in [1.29, 1.82) is 0 Å². The zero-order valence-corrected chi connectivity index (χ0v) is 11.9. The van der Waals surface area contributed by atoms with Crippen molar-refractivity contribution in [3.8, 4) is 5.75 Å². The first-order valence-corrected chi connectivity index (χ1v) is 6.37. The summed E-state index contributed by atoms with van der Waals surface area (Å²) in [5, 5.41) is 13.3. The molecule has 0 saturated carbocycles. The molecule has 1 aromatic rings. The van der Waals surface area contributed by atoms with Gasteiger partial charge in [0.1, 0.15) is 5.75 Å². The number of nitrogens with one attached hydrogen (secondary N) is 1. The molecule has 4 nitrogen and oxygen atoms in total. The third kappa shape index (κ3) is 2.46. The van der Waals surface area contributed by atoms with Crippen LogP contribution < -0.4 is 5.32 Å². The number of aromatic hydroxyl groups is 1. The number of carbonyl (C=O) groups excluding carboxylic acids is 1. The van der Waals surface area contributed by atoms with Gasteiger partial charge in [0.2, 0.25) is 0 Å². The van der Waals surface area contributed by atoms with Crippen molar-refractivity contribution in [2.45, 2.75) is 19.9 Å². The van der Waals surface area contributed by atoms with Crippen LogP contribution in [0.1, 0.15) is 25.5 Å². The lowest BCUT2D eigenvalue weighted by Gasteiger charge is -2.35. The summed E-state index contributed by atoms with van der Waals surface area (Å²) in [6, 6.07) is 6.54. The lowest BCUT2D eigenvalue weighted by molar-refractivity contribution is -0.114. The maximum Gasteiger partial charge on any atom is 0.173 e. The fraction of sp³-hybridized carbons (Fsp3) is 0.286. The minimum absolute atomic E-state index is 0.00677. The van der Waals surface area contributed by atoms with Crippen molar-refractivity contribution >= 4 is 23.1 Å². The zero-order valence-electron chi connectivity index (χ0n) is 11.1. The predicted molar refractivity (Wildman–Crippen MR) is 77.7 cm³/mol. The molecule has 0 spiro atoms. The number of nitrogens with zero attached hydrogens (tertiary/aromatic N) is 1. The van der Waals surface area contributed by atoms with E-state index < -0.39 is 0 Å². The molecule has 2 N–H and O–H groups in total. The number of hydrogen-bond donors (Lipinski definition) is 2. The Hall–Kier alpha value is -1.88. The van der Waals surface area contributed by atoms with Crippen LogP contribution in [0.25, 0.3) is 0 Å². The molecule has 0 aliphatic carbocycles. The van der Waals surface area contributed by atoms with Gasteiger partial charge in [-0.05, 0) is 43.8 Å². The summed E-state index contributed by atoms with van der Waals surface area (Å²) in [5.41, 5.74) is 2.33. The number of phenolic OH excluding ortho intramolecular Hbond substituents is 1. The fourth-order valence-corrected chi connectivity index (χ4v) is 2.50. The topological polar surface area (TPSA) is 52.6 Å². The Labute approximate surface area is 117 Å². The number of thiocarbonyl (C=S) groups is 1. The third-order valence-corrected chi connectivity index (χ3v) is 3.73. The second-order valence-electron chi connectivity index (χ2n) is 4.59. The number of ketones is 1. The number of rotatable bonds is 2. The van der Waals surface area contributed by atoms with E-state index in [1.54, 1.807) is 30.0 Å². The molecule has 1 aliphatic rings. The monoisotopic (exact) mass is 276 g/mol. The molecule has 2 rings (SSSR count). The van der Waals surface area contributed by atoms with Crippen LogP contribution in [-0.2, 0) is 4.79 Å². The second-order valence-corrected chi connectivity index (χ2v) is 4.98. The summed E-state index contributed by atoms with van der Waals surface area (Å²) in [6.07, 6.45) is 0. The summed E-state index contributed by atoms with van der Waals surface area (Å²) >= 11 is 5.26. The predicted octanol–water partition coefficient (Wildman–Crippen LogP) is 2.12. The quantitative estimate of drug-likeness (QED) is 0.810. The summed E-state index contributed by atoms with van der Waals surface area (Å²) in [7, 11) is 1.83. The number of hydrogen-bond acceptors (Lipinski definition) is 3. The van der Waals surface area contributed by atoms with Crippen LogP contribution >= 0.6 is 12.2 Å². The first kappa shape index (κ1) is 13.5. The summed E-state index contributed by atoms with van der Waals surface area (Å²) in [5.74, 6) is 0.164. The van der Waals surface area contributed by atoms with Gasteiger partial charge in [0.15, 0.2) is 10.9 Å². The van der Waals surface area contributed by atoms with Crippen molar-refractivity contribution in [2.24, 2.45) is 0 Å². The molecule has 1 heterocycles. The molecular weight excluding hydrogens is 260 g/mol. The minimum atomic E-state index is -0.312. The third-order valence-electron chi connectivity index (χ3n) is 3.34. The van der Waals surface area contributed by atoms with Gasteiger partial charge in [0.05, 0.1) is 6.04 Å². The van der Waals surface area contributed by atoms with Crippen LogP contribution in [-0.4, -0.2) is 27.9 Å². The number of benzene rings is 1. The second kappa shape index (κ2) is 5.01. The summed E-state index contributed by atoms with van der Waals surface area (Å²) < 4.78 is 0. The smallest absolute Gasteiger partial charge is 0.173 e. The van der Waals surface area contributed by atoms with Crippen molar-refractivity contribution < 1.29 is 9.90 Å². The Morgan fingerprint density at radius 2 is 2.16 bits per heavy atom. The average Bonchev–Trinajstić information content (AvgIpc) is 2.35. The van der Waals surface area contributed by atoms with E-state index in [-0.39, 0.29) is 17.6 Å². The minimum Gasteiger partial charge on any atom is -0.508 e. The Kier molecular flexibility index (Phi) is 3.57. The molecule has 1 aromatic carbocycles. The maximum atomic E-state index is 11.9. The molecule has 5 heteroatoms. The van der Waals surface area contributed by atoms with E-state index >= 15 is 0 Å². The highest BCUT2D eigenvalue weighted by Crippen LogP contribution is 2.31. The van der Waals surface area contributed by atoms with Crippen molar-refractivity contribution in [2.75, 3.05) is 7.05 Å². The van der Waals surface area contributed by atoms with Crippen LogP contribution in [0.15, 0.2) is 35.5 Å². The maximum absolute atomic E-state index is 11.9. The first-order chi connectivity index (χ1) is 8.91. The molecule has 0 aromatic heterocycles. The highest BCUT2D eigenvalue weighted by atomic mass is 32.1. The lowest BCUT2D eigenvalue weighted by atomic mass is 9.92. The molecule has 0 radical (unpaired) electrons. The molecule has 1 unspecified atom stereocenters. The van der Waals surface area contributed by atoms with E-state index in [0.29, 0.717) is 10.7 Å². The van der Waals surface area contributed by atoms with E-state index in [2.05, 4.69) is 5.32 Å². The van der Waals surface area contributed by atoms with Crippen LogP contribution in [0.3, 0.4) is 0 Å². The summed E-state index contributed by atoms with van der Waals surface area (Å²) in [6.45, 7) is 3.41. The van der Waals surface area contributed by atoms with Crippen LogP contribution in [0.2, 0.25) is 0 Å². The normalized spacial score (nSPS) is 19.4. The number of Topliss-reactive ketones (excluding diaryl/α,β-unsaturated/α-hetero) is 1. The highest BCUT2D eigenvalue weighted by Gasteiger charge is 2.30. The Morgan fingerprint density at radius 3 is 2.74 bits per heavy atom. The number of phenols is 1. The largest absolute Gasteiger partial charge is 0.508 e. The average molecular weight is 276 g/mol. The number of carbonyl (C=O) groups is 1. The molecule has 1 atom stereocenters. The van der Waals surface area contributed by atoms with Crippen LogP contribution in [0.4, 0.5) is 0 Å². The van der Waals surface area contributed by atoms with E-state index in [1.807, 2.05) is 20.0 Å². The Balaban J connectivity index is 2.55. The van der Waals surface area contributed by atoms with Gasteiger partial charge in [-0.15, -0.1) is 0 Å². The van der Waals surface area contributed by atoms with Crippen LogP contribution in [0, 0.1) is 0 Å². The Morgan fingerprint density at radius 1 is 1.47 bits per heavy atom. The van der Waals surface area contributed by atoms with Gasteiger partial charge in [-0.1, -0.05) is 12.1 Å².